The molecule has 0 saturated heterocycles. The number of hydrogen-bond donors (Lipinski definition) is 1. The van der Waals surface area contributed by atoms with Crippen molar-refractivity contribution in [3.63, 3.8) is 0 Å². The Bertz CT molecular complexity index is 593. The summed E-state index contributed by atoms with van der Waals surface area (Å²) >= 11 is 6.01. The second kappa shape index (κ2) is 4.42. The highest BCUT2D eigenvalue weighted by atomic mass is 35.5. The number of amides is 1. The molecule has 18 heavy (non-hydrogen) atoms. The molecule has 3 rings (SSSR count). The molecular weight excluding hydrogens is 254 g/mol. The van der Waals surface area contributed by atoms with Gasteiger partial charge in [-0.2, -0.15) is 0 Å². The molecule has 6 heteroatoms. The Kier molecular flexibility index (Phi) is 2.76. The molecule has 1 amide bonds. The highest BCUT2D eigenvalue weighted by molar-refractivity contribution is 6.33. The van der Waals surface area contributed by atoms with Gasteiger partial charge in [0.1, 0.15) is 0 Å². The van der Waals surface area contributed by atoms with Gasteiger partial charge in [0.25, 0.3) is 0 Å². The zero-order chi connectivity index (χ0) is 12.5. The number of nitrogens with one attached hydrogen (secondary N) is 1. The molecule has 0 radical (unpaired) electrons. The Morgan fingerprint density at radius 3 is 2.83 bits per heavy atom. The summed E-state index contributed by atoms with van der Waals surface area (Å²) in [5, 5.41) is 10.9. The molecule has 1 aromatic heterocycles. The van der Waals surface area contributed by atoms with Crippen molar-refractivity contribution in [3.05, 3.63) is 35.2 Å². The van der Waals surface area contributed by atoms with Crippen molar-refractivity contribution < 1.29 is 9.21 Å². The van der Waals surface area contributed by atoms with Gasteiger partial charge in [0.05, 0.1) is 10.6 Å². The third-order valence-electron chi connectivity index (χ3n) is 2.64. The molecule has 2 aromatic rings. The predicted octanol–water partition coefficient (Wildman–Crippen LogP) is 2.28. The van der Waals surface area contributed by atoms with Crippen molar-refractivity contribution in [2.75, 3.05) is 0 Å². The number of carbonyl (C=O) groups is 1. The van der Waals surface area contributed by atoms with Crippen molar-refractivity contribution in [2.24, 2.45) is 0 Å². The minimum Gasteiger partial charge on any atom is -0.412 e. The third kappa shape index (κ3) is 2.22. The fourth-order valence-electron chi connectivity index (χ4n) is 1.53. The van der Waals surface area contributed by atoms with Gasteiger partial charge in [0.2, 0.25) is 5.89 Å². The lowest BCUT2D eigenvalue weighted by Crippen LogP contribution is -2.25. The van der Waals surface area contributed by atoms with Crippen molar-refractivity contribution in [1.29, 1.82) is 0 Å². The standard InChI is InChI=1S/C12H10ClN3O2/c13-9-4-2-1-3-8(9)11-15-16-12(18-11)10(17)14-7-5-6-7/h1-4,7H,5-6H2,(H,14,17). The van der Waals surface area contributed by atoms with E-state index in [1.54, 1.807) is 12.1 Å². The van der Waals surface area contributed by atoms with Crippen molar-refractivity contribution >= 4 is 17.5 Å². The minimum absolute atomic E-state index is 0.0307. The molecule has 92 valence electrons. The van der Waals surface area contributed by atoms with Crippen LogP contribution < -0.4 is 5.32 Å². The van der Waals surface area contributed by atoms with E-state index < -0.39 is 0 Å². The largest absolute Gasteiger partial charge is 0.412 e. The summed E-state index contributed by atoms with van der Waals surface area (Å²) in [5.74, 6) is -0.110. The zero-order valence-corrected chi connectivity index (χ0v) is 10.1. The Hall–Kier alpha value is -1.88. The molecule has 0 bridgehead atoms. The lowest BCUT2D eigenvalue weighted by Gasteiger charge is -1.98. The smallest absolute Gasteiger partial charge is 0.309 e. The van der Waals surface area contributed by atoms with Gasteiger partial charge >= 0.3 is 11.8 Å². The average molecular weight is 264 g/mol. The van der Waals surface area contributed by atoms with Gasteiger partial charge in [-0.3, -0.25) is 4.79 Å². The summed E-state index contributed by atoms with van der Waals surface area (Å²) in [7, 11) is 0. The number of benzene rings is 1. The SMILES string of the molecule is O=C(NC1CC1)c1nnc(-c2ccccc2Cl)o1. The molecular formula is C12H10ClN3O2. The number of halogens is 1. The summed E-state index contributed by atoms with van der Waals surface area (Å²) in [6.07, 6.45) is 2.02. The van der Waals surface area contributed by atoms with Crippen LogP contribution in [0.4, 0.5) is 0 Å². The van der Waals surface area contributed by atoms with Crippen LogP contribution in [0.1, 0.15) is 23.5 Å². The number of aromatic nitrogens is 2. The number of nitrogens with zero attached hydrogens (tertiary/aromatic N) is 2. The zero-order valence-electron chi connectivity index (χ0n) is 9.39. The van der Waals surface area contributed by atoms with Crippen molar-refractivity contribution in [2.45, 2.75) is 18.9 Å². The maximum atomic E-state index is 11.7. The fourth-order valence-corrected chi connectivity index (χ4v) is 1.75. The highest BCUT2D eigenvalue weighted by Crippen LogP contribution is 2.26. The maximum Gasteiger partial charge on any atom is 0.309 e. The molecule has 5 nitrogen and oxygen atoms in total. The fraction of sp³-hybridized carbons (Fsp3) is 0.250. The Morgan fingerprint density at radius 1 is 1.33 bits per heavy atom. The topological polar surface area (TPSA) is 68.0 Å². The van der Waals surface area contributed by atoms with Crippen LogP contribution in [0.25, 0.3) is 11.5 Å². The van der Waals surface area contributed by atoms with E-state index in [9.17, 15) is 4.79 Å². The first-order valence-corrected chi connectivity index (χ1v) is 6.01. The first-order valence-electron chi connectivity index (χ1n) is 5.63. The first kappa shape index (κ1) is 11.2. The molecule has 1 N–H and O–H groups in total. The normalized spacial score (nSPS) is 14.5. The van der Waals surface area contributed by atoms with Crippen LogP contribution in [0, 0.1) is 0 Å². The molecule has 1 aliphatic carbocycles. The average Bonchev–Trinajstić information content (AvgIpc) is 3.04. The molecule has 0 atom stereocenters. The van der Waals surface area contributed by atoms with E-state index in [-0.39, 0.29) is 23.7 Å². The number of carbonyl (C=O) groups excluding carboxylic acids is 1. The van der Waals surface area contributed by atoms with Crippen LogP contribution in [0.2, 0.25) is 5.02 Å². The van der Waals surface area contributed by atoms with Gasteiger partial charge in [0.15, 0.2) is 0 Å². The second-order valence-corrected chi connectivity index (χ2v) is 4.55. The van der Waals surface area contributed by atoms with Crippen LogP contribution in [-0.2, 0) is 0 Å². The van der Waals surface area contributed by atoms with E-state index >= 15 is 0 Å². The van der Waals surface area contributed by atoms with Crippen molar-refractivity contribution in [1.82, 2.24) is 15.5 Å². The molecule has 1 aromatic carbocycles. The highest BCUT2D eigenvalue weighted by Gasteiger charge is 2.26. The lowest BCUT2D eigenvalue weighted by atomic mass is 10.2. The van der Waals surface area contributed by atoms with Gasteiger partial charge in [-0.1, -0.05) is 23.7 Å². The summed E-state index contributed by atoms with van der Waals surface area (Å²) in [5.41, 5.74) is 0.622. The summed E-state index contributed by atoms with van der Waals surface area (Å²) in [6, 6.07) is 7.37. The molecule has 1 aliphatic rings. The van der Waals surface area contributed by atoms with Crippen LogP contribution in [0.15, 0.2) is 28.7 Å². The first-order chi connectivity index (χ1) is 8.74. The van der Waals surface area contributed by atoms with Gasteiger partial charge < -0.3 is 9.73 Å². The van der Waals surface area contributed by atoms with Gasteiger partial charge in [-0.25, -0.2) is 0 Å². The van der Waals surface area contributed by atoms with Crippen LogP contribution >= 0.6 is 11.6 Å². The summed E-state index contributed by atoms with van der Waals surface area (Å²) in [6.45, 7) is 0. The van der Waals surface area contributed by atoms with E-state index in [1.807, 2.05) is 12.1 Å². The Balaban J connectivity index is 1.84. The third-order valence-corrected chi connectivity index (χ3v) is 2.97. The Morgan fingerprint density at radius 2 is 2.11 bits per heavy atom. The van der Waals surface area contributed by atoms with Crippen molar-refractivity contribution in [3.8, 4) is 11.5 Å². The monoisotopic (exact) mass is 263 g/mol. The maximum absolute atomic E-state index is 11.7. The second-order valence-electron chi connectivity index (χ2n) is 4.14. The lowest BCUT2D eigenvalue weighted by molar-refractivity contribution is 0.0917. The summed E-state index contributed by atoms with van der Waals surface area (Å²) < 4.78 is 5.32. The van der Waals surface area contributed by atoms with Gasteiger partial charge in [0, 0.05) is 6.04 Å². The molecule has 1 saturated carbocycles. The van der Waals surface area contributed by atoms with Gasteiger partial charge in [-0.05, 0) is 25.0 Å². The van der Waals surface area contributed by atoms with E-state index in [0.29, 0.717) is 10.6 Å². The quantitative estimate of drug-likeness (QED) is 0.922. The van der Waals surface area contributed by atoms with E-state index in [1.165, 1.54) is 0 Å². The molecule has 0 spiro atoms. The number of hydrogen-bond acceptors (Lipinski definition) is 4. The van der Waals surface area contributed by atoms with Crippen LogP contribution in [0.3, 0.4) is 0 Å². The Labute approximate surface area is 108 Å². The van der Waals surface area contributed by atoms with E-state index in [0.717, 1.165) is 12.8 Å². The minimum atomic E-state index is -0.330. The summed E-state index contributed by atoms with van der Waals surface area (Å²) in [4.78, 5) is 11.7. The van der Waals surface area contributed by atoms with Crippen LogP contribution in [0.5, 0.6) is 0 Å². The van der Waals surface area contributed by atoms with E-state index in [2.05, 4.69) is 15.5 Å². The molecule has 0 aliphatic heterocycles. The van der Waals surface area contributed by atoms with Crippen LogP contribution in [-0.4, -0.2) is 22.1 Å². The predicted molar refractivity (Wildman–Crippen MR) is 65.2 cm³/mol. The molecule has 1 heterocycles. The van der Waals surface area contributed by atoms with E-state index in [4.69, 9.17) is 16.0 Å². The van der Waals surface area contributed by atoms with Gasteiger partial charge in [-0.15, -0.1) is 10.2 Å². The number of rotatable bonds is 3. The molecule has 0 unspecified atom stereocenters. The molecule has 1 fully saturated rings.